The number of hydrogen-bond acceptors (Lipinski definition) is 4. The van der Waals surface area contributed by atoms with Gasteiger partial charge in [0.15, 0.2) is 0 Å². The summed E-state index contributed by atoms with van der Waals surface area (Å²) in [7, 11) is 1.65. The second-order valence-electron chi connectivity index (χ2n) is 6.57. The number of likely N-dealkylation sites (N-methyl/N-ethyl adjacent to an activating group) is 1. The first-order valence-corrected chi connectivity index (χ1v) is 9.03. The van der Waals surface area contributed by atoms with Crippen LogP contribution >= 0.6 is 0 Å². The van der Waals surface area contributed by atoms with Crippen molar-refractivity contribution >= 4 is 22.7 Å². The molecule has 1 aromatic carbocycles. The second-order valence-corrected chi connectivity index (χ2v) is 6.57. The number of aromatic nitrogens is 1. The van der Waals surface area contributed by atoms with Crippen molar-refractivity contribution in [2.24, 2.45) is 0 Å². The molecule has 1 fully saturated rings. The Morgan fingerprint density at radius 2 is 2.04 bits per heavy atom. The quantitative estimate of drug-likeness (QED) is 0.726. The van der Waals surface area contributed by atoms with Crippen molar-refractivity contribution < 1.29 is 14.3 Å². The van der Waals surface area contributed by atoms with Crippen molar-refractivity contribution in [1.82, 2.24) is 20.1 Å². The Labute approximate surface area is 153 Å². The van der Waals surface area contributed by atoms with Gasteiger partial charge in [0.25, 0.3) is 5.91 Å². The molecule has 0 saturated carbocycles. The number of nitrogens with one attached hydrogen (secondary N) is 2. The molecule has 7 nitrogen and oxygen atoms in total. The van der Waals surface area contributed by atoms with Crippen LogP contribution in [-0.4, -0.2) is 79.6 Å². The number of rotatable bonds is 7. The summed E-state index contributed by atoms with van der Waals surface area (Å²) in [5.74, 6) is -0.298. The Hall–Kier alpha value is -2.38. The van der Waals surface area contributed by atoms with Gasteiger partial charge >= 0.3 is 0 Å². The summed E-state index contributed by atoms with van der Waals surface area (Å²) < 4.78 is 5.32. The Balaban J connectivity index is 1.42. The van der Waals surface area contributed by atoms with E-state index in [1.165, 1.54) is 4.90 Å². The van der Waals surface area contributed by atoms with Gasteiger partial charge in [-0.25, -0.2) is 0 Å². The first-order valence-electron chi connectivity index (χ1n) is 9.03. The summed E-state index contributed by atoms with van der Waals surface area (Å²) in [5.41, 5.74) is 1.50. The zero-order chi connectivity index (χ0) is 18.4. The molecule has 1 aliphatic heterocycles. The number of carbonyl (C=O) groups excluding carboxylic acids is 2. The highest BCUT2D eigenvalue weighted by molar-refractivity contribution is 6.07. The standard InChI is InChI=1S/C19H26N4O3/c1-22(19(25)16-13-21-17-6-3-2-5-15(16)17)14-18(24)20-7-4-8-23-9-11-26-12-10-23/h2-3,5-6,13,21H,4,7-12,14H2,1H3,(H,20,24). The average Bonchev–Trinajstić information content (AvgIpc) is 3.09. The number of fused-ring (bicyclic) bond motifs is 1. The lowest BCUT2D eigenvalue weighted by Crippen LogP contribution is -2.40. The van der Waals surface area contributed by atoms with Crippen LogP contribution in [0.5, 0.6) is 0 Å². The van der Waals surface area contributed by atoms with Gasteiger partial charge in [-0.1, -0.05) is 18.2 Å². The van der Waals surface area contributed by atoms with Crippen LogP contribution in [-0.2, 0) is 9.53 Å². The molecule has 2 N–H and O–H groups in total. The number of ether oxygens (including phenoxy) is 1. The topological polar surface area (TPSA) is 77.7 Å². The zero-order valence-corrected chi connectivity index (χ0v) is 15.2. The Kier molecular flexibility index (Phi) is 6.25. The monoisotopic (exact) mass is 358 g/mol. The van der Waals surface area contributed by atoms with E-state index in [9.17, 15) is 9.59 Å². The van der Waals surface area contributed by atoms with Crippen molar-refractivity contribution in [3.8, 4) is 0 Å². The predicted molar refractivity (Wildman–Crippen MR) is 100 cm³/mol. The number of carbonyl (C=O) groups is 2. The molecule has 26 heavy (non-hydrogen) atoms. The largest absolute Gasteiger partial charge is 0.379 e. The summed E-state index contributed by atoms with van der Waals surface area (Å²) in [5, 5.41) is 3.76. The molecule has 1 saturated heterocycles. The van der Waals surface area contributed by atoms with E-state index in [1.807, 2.05) is 24.3 Å². The molecule has 2 aromatic rings. The Bertz CT molecular complexity index is 752. The van der Waals surface area contributed by atoms with Gasteiger partial charge in [-0.15, -0.1) is 0 Å². The van der Waals surface area contributed by atoms with Crippen LogP contribution in [0.25, 0.3) is 10.9 Å². The molecular weight excluding hydrogens is 332 g/mol. The van der Waals surface area contributed by atoms with Crippen LogP contribution in [0.2, 0.25) is 0 Å². The molecular formula is C19H26N4O3. The highest BCUT2D eigenvalue weighted by Crippen LogP contribution is 2.18. The van der Waals surface area contributed by atoms with E-state index >= 15 is 0 Å². The molecule has 0 aliphatic carbocycles. The maximum atomic E-state index is 12.6. The third kappa shape index (κ3) is 4.62. The SMILES string of the molecule is CN(CC(=O)NCCCN1CCOCC1)C(=O)c1c[nH]c2ccccc12. The Morgan fingerprint density at radius 1 is 1.27 bits per heavy atom. The van der Waals surface area contributed by atoms with E-state index < -0.39 is 0 Å². The smallest absolute Gasteiger partial charge is 0.256 e. The molecule has 2 amide bonds. The summed E-state index contributed by atoms with van der Waals surface area (Å²) in [4.78, 5) is 31.6. The van der Waals surface area contributed by atoms with Gasteiger partial charge in [-0.2, -0.15) is 0 Å². The van der Waals surface area contributed by atoms with Crippen molar-refractivity contribution in [3.63, 3.8) is 0 Å². The molecule has 1 aliphatic rings. The normalized spacial score (nSPS) is 15.1. The first kappa shape index (κ1) is 18.4. The Morgan fingerprint density at radius 3 is 2.85 bits per heavy atom. The number of benzene rings is 1. The van der Waals surface area contributed by atoms with Gasteiger partial charge < -0.3 is 19.9 Å². The maximum absolute atomic E-state index is 12.6. The summed E-state index contributed by atoms with van der Waals surface area (Å²) in [6.07, 6.45) is 2.59. The van der Waals surface area contributed by atoms with Crippen LogP contribution in [0.15, 0.2) is 30.5 Å². The second kappa shape index (κ2) is 8.82. The fourth-order valence-electron chi connectivity index (χ4n) is 3.15. The molecule has 0 atom stereocenters. The zero-order valence-electron chi connectivity index (χ0n) is 15.2. The van der Waals surface area contributed by atoms with E-state index in [1.54, 1.807) is 13.2 Å². The highest BCUT2D eigenvalue weighted by Gasteiger charge is 2.18. The fraction of sp³-hybridized carbons (Fsp3) is 0.474. The number of morpholine rings is 1. The number of nitrogens with zero attached hydrogens (tertiary/aromatic N) is 2. The summed E-state index contributed by atoms with van der Waals surface area (Å²) in [6, 6.07) is 7.64. The van der Waals surface area contributed by atoms with Gasteiger partial charge in [0.05, 0.1) is 25.3 Å². The third-order valence-electron chi connectivity index (χ3n) is 4.62. The molecule has 2 heterocycles. The number of para-hydroxylation sites is 1. The molecule has 0 radical (unpaired) electrons. The average molecular weight is 358 g/mol. The van der Waals surface area contributed by atoms with E-state index in [-0.39, 0.29) is 18.4 Å². The van der Waals surface area contributed by atoms with Gasteiger partial charge in [0.2, 0.25) is 5.91 Å². The lowest BCUT2D eigenvalue weighted by atomic mass is 10.1. The molecule has 1 aromatic heterocycles. The lowest BCUT2D eigenvalue weighted by molar-refractivity contribution is -0.121. The van der Waals surface area contributed by atoms with Crippen molar-refractivity contribution in [3.05, 3.63) is 36.0 Å². The predicted octanol–water partition coefficient (Wildman–Crippen LogP) is 1.08. The van der Waals surface area contributed by atoms with Gasteiger partial charge in [0, 0.05) is 43.8 Å². The molecule has 0 bridgehead atoms. The minimum absolute atomic E-state index is 0.0515. The minimum atomic E-state index is -0.161. The van der Waals surface area contributed by atoms with E-state index in [4.69, 9.17) is 4.74 Å². The van der Waals surface area contributed by atoms with Crippen LogP contribution in [0, 0.1) is 0 Å². The van der Waals surface area contributed by atoms with Crippen molar-refractivity contribution in [2.75, 3.05) is 53.0 Å². The number of aromatic amines is 1. The molecule has 7 heteroatoms. The van der Waals surface area contributed by atoms with Crippen molar-refractivity contribution in [2.45, 2.75) is 6.42 Å². The van der Waals surface area contributed by atoms with Crippen LogP contribution in [0.3, 0.4) is 0 Å². The van der Waals surface area contributed by atoms with E-state index in [0.717, 1.165) is 50.2 Å². The molecule has 3 rings (SSSR count). The van der Waals surface area contributed by atoms with Crippen LogP contribution < -0.4 is 5.32 Å². The lowest BCUT2D eigenvalue weighted by Gasteiger charge is -2.26. The first-order chi connectivity index (χ1) is 12.6. The number of H-pyrrole nitrogens is 1. The highest BCUT2D eigenvalue weighted by atomic mass is 16.5. The van der Waals surface area contributed by atoms with Crippen molar-refractivity contribution in [1.29, 1.82) is 0 Å². The van der Waals surface area contributed by atoms with E-state index in [0.29, 0.717) is 12.1 Å². The van der Waals surface area contributed by atoms with Crippen LogP contribution in [0.1, 0.15) is 16.8 Å². The summed E-state index contributed by atoms with van der Waals surface area (Å²) >= 11 is 0. The van der Waals surface area contributed by atoms with Gasteiger partial charge in [-0.05, 0) is 19.0 Å². The summed E-state index contributed by atoms with van der Waals surface area (Å²) in [6.45, 7) is 5.10. The maximum Gasteiger partial charge on any atom is 0.256 e. The number of amides is 2. The van der Waals surface area contributed by atoms with Crippen LogP contribution in [0.4, 0.5) is 0 Å². The third-order valence-corrected chi connectivity index (χ3v) is 4.62. The molecule has 0 spiro atoms. The van der Waals surface area contributed by atoms with Gasteiger partial charge in [0.1, 0.15) is 0 Å². The number of hydrogen-bond donors (Lipinski definition) is 2. The van der Waals surface area contributed by atoms with E-state index in [2.05, 4.69) is 15.2 Å². The molecule has 140 valence electrons. The molecule has 0 unspecified atom stereocenters. The van der Waals surface area contributed by atoms with Gasteiger partial charge in [-0.3, -0.25) is 14.5 Å². The fourth-order valence-corrected chi connectivity index (χ4v) is 3.15. The minimum Gasteiger partial charge on any atom is -0.379 e.